The third kappa shape index (κ3) is 6.89. The summed E-state index contributed by atoms with van der Waals surface area (Å²) in [6, 6.07) is 14.8. The van der Waals surface area contributed by atoms with Crippen molar-refractivity contribution in [3.05, 3.63) is 66.0 Å². The van der Waals surface area contributed by atoms with E-state index >= 15 is 0 Å². The van der Waals surface area contributed by atoms with E-state index < -0.39 is 5.82 Å². The highest BCUT2D eigenvalue weighted by molar-refractivity contribution is 5.92. The quantitative estimate of drug-likeness (QED) is 0.711. The molecule has 1 heterocycles. The van der Waals surface area contributed by atoms with Gasteiger partial charge in [-0.2, -0.15) is 0 Å². The first kappa shape index (κ1) is 22.4. The van der Waals surface area contributed by atoms with Crippen molar-refractivity contribution in [1.82, 2.24) is 15.1 Å². The second-order valence-electron chi connectivity index (χ2n) is 7.58. The van der Waals surface area contributed by atoms with Crippen molar-refractivity contribution >= 4 is 23.4 Å². The number of carbonyl (C=O) groups is 3. The summed E-state index contributed by atoms with van der Waals surface area (Å²) in [7, 11) is 0. The number of nitrogens with one attached hydrogen (secondary N) is 2. The number of hydrogen-bond acceptors (Lipinski definition) is 4. The van der Waals surface area contributed by atoms with Crippen LogP contribution in [-0.4, -0.2) is 60.2 Å². The summed E-state index contributed by atoms with van der Waals surface area (Å²) in [6.07, 6.45) is 0.184. The summed E-state index contributed by atoms with van der Waals surface area (Å²) in [5.41, 5.74) is 1.31. The largest absolute Gasteiger partial charge is 0.349 e. The van der Waals surface area contributed by atoms with Gasteiger partial charge in [-0.3, -0.25) is 19.3 Å². The predicted molar refractivity (Wildman–Crippen MR) is 116 cm³/mol. The molecule has 0 aliphatic carbocycles. The first-order valence-corrected chi connectivity index (χ1v) is 10.3. The van der Waals surface area contributed by atoms with Gasteiger partial charge in [-0.05, 0) is 23.8 Å². The maximum atomic E-state index is 13.2. The summed E-state index contributed by atoms with van der Waals surface area (Å²) in [4.78, 5) is 40.3. The molecule has 1 unspecified atom stereocenters. The van der Waals surface area contributed by atoms with Crippen molar-refractivity contribution in [2.75, 3.05) is 38.0 Å². The van der Waals surface area contributed by atoms with Gasteiger partial charge in [0.1, 0.15) is 5.82 Å². The topological polar surface area (TPSA) is 81.8 Å². The maximum absolute atomic E-state index is 13.2. The molecule has 3 rings (SSSR count). The molecular weight excluding hydrogens is 399 g/mol. The zero-order valence-corrected chi connectivity index (χ0v) is 17.5. The van der Waals surface area contributed by atoms with Crippen molar-refractivity contribution in [3.8, 4) is 0 Å². The minimum Gasteiger partial charge on any atom is -0.349 e. The van der Waals surface area contributed by atoms with Crippen LogP contribution in [0.5, 0.6) is 0 Å². The number of nitrogens with zero attached hydrogens (tertiary/aromatic N) is 2. The van der Waals surface area contributed by atoms with Crippen LogP contribution in [0.4, 0.5) is 10.1 Å². The summed E-state index contributed by atoms with van der Waals surface area (Å²) in [5.74, 6) is -0.847. The van der Waals surface area contributed by atoms with Crippen LogP contribution in [0.15, 0.2) is 54.6 Å². The minimum atomic E-state index is -0.405. The first-order chi connectivity index (χ1) is 14.9. The second kappa shape index (κ2) is 10.7. The van der Waals surface area contributed by atoms with Gasteiger partial charge >= 0.3 is 0 Å². The number of carbonyl (C=O) groups excluding carboxylic acids is 3. The highest BCUT2D eigenvalue weighted by atomic mass is 19.1. The van der Waals surface area contributed by atoms with E-state index in [1.54, 1.807) is 17.0 Å². The zero-order chi connectivity index (χ0) is 22.2. The minimum absolute atomic E-state index is 0.0357. The maximum Gasteiger partial charge on any atom is 0.238 e. The number of benzene rings is 2. The van der Waals surface area contributed by atoms with Gasteiger partial charge in [-0.25, -0.2) is 4.39 Å². The van der Waals surface area contributed by atoms with Crippen LogP contribution in [-0.2, 0) is 14.4 Å². The summed E-state index contributed by atoms with van der Waals surface area (Å²) in [5, 5.41) is 5.54. The molecule has 31 heavy (non-hydrogen) atoms. The molecule has 8 heteroatoms. The number of anilines is 1. The molecule has 2 aromatic rings. The van der Waals surface area contributed by atoms with Gasteiger partial charge in [0.05, 0.1) is 19.0 Å². The van der Waals surface area contributed by atoms with E-state index in [0.717, 1.165) is 5.56 Å². The van der Waals surface area contributed by atoms with E-state index in [-0.39, 0.29) is 36.7 Å². The van der Waals surface area contributed by atoms with Crippen LogP contribution >= 0.6 is 0 Å². The van der Waals surface area contributed by atoms with Crippen molar-refractivity contribution in [2.24, 2.45) is 0 Å². The Bertz CT molecular complexity index is 914. The lowest BCUT2D eigenvalue weighted by Gasteiger charge is -2.35. The van der Waals surface area contributed by atoms with E-state index in [2.05, 4.69) is 10.6 Å². The van der Waals surface area contributed by atoms with Crippen LogP contribution < -0.4 is 10.6 Å². The van der Waals surface area contributed by atoms with Gasteiger partial charge in [0.15, 0.2) is 0 Å². The van der Waals surface area contributed by atoms with E-state index in [1.807, 2.05) is 35.2 Å². The van der Waals surface area contributed by atoms with Gasteiger partial charge in [0.2, 0.25) is 17.7 Å². The molecule has 1 atom stereocenters. The predicted octanol–water partition coefficient (Wildman–Crippen LogP) is 2.18. The zero-order valence-electron chi connectivity index (χ0n) is 17.5. The number of hydrogen-bond donors (Lipinski definition) is 2. The van der Waals surface area contributed by atoms with E-state index in [4.69, 9.17) is 0 Å². The molecule has 1 fully saturated rings. The number of rotatable bonds is 7. The monoisotopic (exact) mass is 426 g/mol. The van der Waals surface area contributed by atoms with Gasteiger partial charge < -0.3 is 15.5 Å². The fraction of sp³-hybridized carbons (Fsp3) is 0.348. The molecule has 0 radical (unpaired) electrons. The molecule has 1 saturated heterocycles. The smallest absolute Gasteiger partial charge is 0.238 e. The van der Waals surface area contributed by atoms with E-state index in [9.17, 15) is 18.8 Å². The van der Waals surface area contributed by atoms with Crippen LogP contribution in [0.2, 0.25) is 0 Å². The second-order valence-corrected chi connectivity index (χ2v) is 7.58. The molecule has 1 aliphatic heterocycles. The molecule has 2 N–H and O–H groups in total. The lowest BCUT2D eigenvalue weighted by molar-refractivity contribution is -0.133. The third-order valence-electron chi connectivity index (χ3n) is 5.16. The van der Waals surface area contributed by atoms with Gasteiger partial charge in [-0.1, -0.05) is 36.4 Å². The SMILES string of the molecule is CC(=O)NC(CC(=O)N1CCN(CC(=O)Nc2cccc(F)c2)CC1)c1ccccc1. The number of halogens is 1. The van der Waals surface area contributed by atoms with Crippen molar-refractivity contribution in [3.63, 3.8) is 0 Å². The van der Waals surface area contributed by atoms with Gasteiger partial charge in [-0.15, -0.1) is 0 Å². The van der Waals surface area contributed by atoms with Crippen molar-refractivity contribution < 1.29 is 18.8 Å². The first-order valence-electron chi connectivity index (χ1n) is 10.3. The summed E-state index contributed by atoms with van der Waals surface area (Å²) < 4.78 is 13.2. The van der Waals surface area contributed by atoms with Crippen LogP contribution in [0.3, 0.4) is 0 Å². The Morgan fingerprint density at radius 1 is 1.00 bits per heavy atom. The van der Waals surface area contributed by atoms with Crippen molar-refractivity contribution in [2.45, 2.75) is 19.4 Å². The Morgan fingerprint density at radius 2 is 1.71 bits per heavy atom. The van der Waals surface area contributed by atoms with Gasteiger partial charge in [0.25, 0.3) is 0 Å². The standard InChI is InChI=1S/C23H27FN4O3/c1-17(29)25-21(18-6-3-2-4-7-18)15-23(31)28-12-10-27(11-13-28)16-22(30)26-20-9-5-8-19(24)14-20/h2-9,14,21H,10-13,15-16H2,1H3,(H,25,29)(H,26,30). The van der Waals surface area contributed by atoms with Crippen LogP contribution in [0.1, 0.15) is 24.9 Å². The Balaban J connectivity index is 1.48. The molecule has 0 aromatic heterocycles. The van der Waals surface area contributed by atoms with Gasteiger partial charge in [0, 0.05) is 38.8 Å². The normalized spacial score (nSPS) is 15.2. The number of amides is 3. The van der Waals surface area contributed by atoms with Crippen LogP contribution in [0, 0.1) is 5.82 Å². The third-order valence-corrected chi connectivity index (χ3v) is 5.16. The summed E-state index contributed by atoms with van der Waals surface area (Å²) in [6.45, 7) is 3.77. The molecule has 7 nitrogen and oxygen atoms in total. The molecule has 3 amide bonds. The van der Waals surface area contributed by atoms with Crippen molar-refractivity contribution in [1.29, 1.82) is 0 Å². The highest BCUT2D eigenvalue weighted by Crippen LogP contribution is 2.18. The summed E-state index contributed by atoms with van der Waals surface area (Å²) >= 11 is 0. The highest BCUT2D eigenvalue weighted by Gasteiger charge is 2.25. The molecule has 1 aliphatic rings. The molecule has 2 aromatic carbocycles. The van der Waals surface area contributed by atoms with E-state index in [0.29, 0.717) is 31.9 Å². The average molecular weight is 426 g/mol. The Kier molecular flexibility index (Phi) is 7.72. The fourth-order valence-electron chi connectivity index (χ4n) is 3.61. The molecule has 0 bridgehead atoms. The fourth-order valence-corrected chi connectivity index (χ4v) is 3.61. The molecule has 0 saturated carbocycles. The molecular formula is C23H27FN4O3. The lowest BCUT2D eigenvalue weighted by Crippen LogP contribution is -2.51. The average Bonchev–Trinajstić information content (AvgIpc) is 2.74. The molecule has 164 valence electrons. The molecule has 0 spiro atoms. The number of piperazine rings is 1. The van der Waals surface area contributed by atoms with Crippen LogP contribution in [0.25, 0.3) is 0 Å². The van der Waals surface area contributed by atoms with E-state index in [1.165, 1.54) is 19.1 Å². The Morgan fingerprint density at radius 3 is 2.35 bits per heavy atom. The Hall–Kier alpha value is -3.26. The lowest BCUT2D eigenvalue weighted by atomic mass is 10.0. The Labute approximate surface area is 181 Å².